The molecule has 0 bridgehead atoms. The number of halogens is 1. The highest BCUT2D eigenvalue weighted by Gasteiger charge is 2.23. The highest BCUT2D eigenvalue weighted by atomic mass is 19.1. The van der Waals surface area contributed by atoms with Crippen molar-refractivity contribution in [3.63, 3.8) is 0 Å². The third-order valence-corrected chi connectivity index (χ3v) is 4.96. The molecule has 3 rings (SSSR count). The van der Waals surface area contributed by atoms with Crippen LogP contribution in [0.3, 0.4) is 0 Å². The zero-order valence-corrected chi connectivity index (χ0v) is 15.7. The maximum atomic E-state index is 12.9. The van der Waals surface area contributed by atoms with Gasteiger partial charge in [-0.25, -0.2) is 4.39 Å². The van der Waals surface area contributed by atoms with Gasteiger partial charge in [-0.15, -0.1) is 0 Å². The summed E-state index contributed by atoms with van der Waals surface area (Å²) >= 11 is 0. The van der Waals surface area contributed by atoms with E-state index in [4.69, 9.17) is 0 Å². The van der Waals surface area contributed by atoms with Crippen LogP contribution in [0, 0.1) is 12.7 Å². The fourth-order valence-electron chi connectivity index (χ4n) is 3.37. The van der Waals surface area contributed by atoms with E-state index in [1.165, 1.54) is 12.1 Å². The fourth-order valence-corrected chi connectivity index (χ4v) is 3.37. The molecule has 0 radical (unpaired) electrons. The van der Waals surface area contributed by atoms with Gasteiger partial charge in [0.05, 0.1) is 6.42 Å². The molecule has 142 valence electrons. The first-order chi connectivity index (χ1) is 13.0. The molecule has 1 saturated heterocycles. The SMILES string of the molecule is Cc1cccc(CC(=O)N2CCN(C(=O)CCc3ccc(F)cc3)CC2)c1. The van der Waals surface area contributed by atoms with Crippen molar-refractivity contribution in [2.75, 3.05) is 26.2 Å². The van der Waals surface area contributed by atoms with Gasteiger partial charge in [0, 0.05) is 32.6 Å². The third-order valence-electron chi connectivity index (χ3n) is 4.96. The van der Waals surface area contributed by atoms with Crippen LogP contribution in [0.15, 0.2) is 48.5 Å². The van der Waals surface area contributed by atoms with Crippen LogP contribution in [0.1, 0.15) is 23.1 Å². The minimum absolute atomic E-state index is 0.0881. The average Bonchev–Trinajstić information content (AvgIpc) is 2.67. The number of rotatable bonds is 5. The lowest BCUT2D eigenvalue weighted by molar-refractivity contribution is -0.139. The Morgan fingerprint density at radius 1 is 0.889 bits per heavy atom. The lowest BCUT2D eigenvalue weighted by atomic mass is 10.1. The number of piperazine rings is 1. The zero-order valence-electron chi connectivity index (χ0n) is 15.7. The number of carbonyl (C=O) groups excluding carboxylic acids is 2. The summed E-state index contributed by atoms with van der Waals surface area (Å²) in [7, 11) is 0. The summed E-state index contributed by atoms with van der Waals surface area (Å²) in [5, 5.41) is 0. The van der Waals surface area contributed by atoms with E-state index in [0.29, 0.717) is 45.4 Å². The molecule has 0 N–H and O–H groups in total. The van der Waals surface area contributed by atoms with Crippen molar-refractivity contribution in [3.05, 3.63) is 71.0 Å². The molecule has 1 fully saturated rings. The van der Waals surface area contributed by atoms with Gasteiger partial charge in [-0.1, -0.05) is 42.0 Å². The summed E-state index contributed by atoms with van der Waals surface area (Å²) in [6.45, 7) is 4.31. The Bertz CT molecular complexity index is 796. The first-order valence-corrected chi connectivity index (χ1v) is 9.37. The van der Waals surface area contributed by atoms with E-state index in [1.54, 1.807) is 12.1 Å². The summed E-state index contributed by atoms with van der Waals surface area (Å²) in [5.41, 5.74) is 3.13. The Morgan fingerprint density at radius 2 is 1.52 bits per heavy atom. The van der Waals surface area contributed by atoms with Gasteiger partial charge in [0.2, 0.25) is 11.8 Å². The predicted molar refractivity (Wildman–Crippen MR) is 103 cm³/mol. The molecule has 1 aliphatic rings. The molecule has 27 heavy (non-hydrogen) atoms. The Morgan fingerprint density at radius 3 is 2.15 bits per heavy atom. The normalized spacial score (nSPS) is 14.3. The summed E-state index contributed by atoms with van der Waals surface area (Å²) < 4.78 is 12.9. The van der Waals surface area contributed by atoms with Crippen molar-refractivity contribution in [1.29, 1.82) is 0 Å². The zero-order chi connectivity index (χ0) is 19.2. The van der Waals surface area contributed by atoms with Gasteiger partial charge in [0.1, 0.15) is 5.82 Å². The Kier molecular flexibility index (Phi) is 6.22. The van der Waals surface area contributed by atoms with Crippen molar-refractivity contribution in [2.24, 2.45) is 0 Å². The van der Waals surface area contributed by atoms with Crippen molar-refractivity contribution < 1.29 is 14.0 Å². The molecule has 5 heteroatoms. The van der Waals surface area contributed by atoms with Gasteiger partial charge in [0.15, 0.2) is 0 Å². The molecule has 2 amide bonds. The second-order valence-electron chi connectivity index (χ2n) is 7.05. The molecule has 2 aromatic rings. The Hall–Kier alpha value is -2.69. The van der Waals surface area contributed by atoms with E-state index in [2.05, 4.69) is 0 Å². The number of benzene rings is 2. The number of hydrogen-bond acceptors (Lipinski definition) is 2. The Balaban J connectivity index is 1.44. The summed E-state index contributed by atoms with van der Waals surface area (Å²) in [6, 6.07) is 14.2. The van der Waals surface area contributed by atoms with Crippen LogP contribution in [0.2, 0.25) is 0 Å². The molecule has 4 nitrogen and oxygen atoms in total. The topological polar surface area (TPSA) is 40.6 Å². The van der Waals surface area contributed by atoms with Gasteiger partial charge < -0.3 is 9.80 Å². The quantitative estimate of drug-likeness (QED) is 0.814. The van der Waals surface area contributed by atoms with E-state index < -0.39 is 0 Å². The molecule has 0 atom stereocenters. The molecule has 0 spiro atoms. The van der Waals surface area contributed by atoms with Crippen LogP contribution in [-0.4, -0.2) is 47.8 Å². The van der Waals surface area contributed by atoms with Gasteiger partial charge in [-0.3, -0.25) is 9.59 Å². The fraction of sp³-hybridized carbons (Fsp3) is 0.364. The number of aryl methyl sites for hydroxylation is 2. The highest BCUT2D eigenvalue weighted by molar-refractivity contribution is 5.80. The van der Waals surface area contributed by atoms with Gasteiger partial charge in [-0.05, 0) is 36.6 Å². The van der Waals surface area contributed by atoms with E-state index >= 15 is 0 Å². The highest BCUT2D eigenvalue weighted by Crippen LogP contribution is 2.11. The van der Waals surface area contributed by atoms with E-state index in [-0.39, 0.29) is 17.6 Å². The largest absolute Gasteiger partial charge is 0.339 e. The van der Waals surface area contributed by atoms with E-state index in [9.17, 15) is 14.0 Å². The second-order valence-corrected chi connectivity index (χ2v) is 7.05. The van der Waals surface area contributed by atoms with Crippen LogP contribution in [-0.2, 0) is 22.4 Å². The summed E-state index contributed by atoms with van der Waals surface area (Å²) in [6.07, 6.45) is 1.41. The van der Waals surface area contributed by atoms with Crippen molar-refractivity contribution >= 4 is 11.8 Å². The van der Waals surface area contributed by atoms with Gasteiger partial charge in [0.25, 0.3) is 0 Å². The van der Waals surface area contributed by atoms with Gasteiger partial charge >= 0.3 is 0 Å². The molecule has 1 heterocycles. The number of nitrogens with zero attached hydrogens (tertiary/aromatic N) is 2. The minimum Gasteiger partial charge on any atom is -0.339 e. The van der Waals surface area contributed by atoms with E-state index in [0.717, 1.165) is 16.7 Å². The standard InChI is InChI=1S/C22H25FN2O2/c1-17-3-2-4-19(15-17)16-22(27)25-13-11-24(12-14-25)21(26)10-7-18-5-8-20(23)9-6-18/h2-6,8-9,15H,7,10-14,16H2,1H3. The van der Waals surface area contributed by atoms with Crippen LogP contribution in [0.25, 0.3) is 0 Å². The number of amides is 2. The lowest BCUT2D eigenvalue weighted by Crippen LogP contribution is -2.51. The summed E-state index contributed by atoms with van der Waals surface area (Å²) in [5.74, 6) is -0.0688. The van der Waals surface area contributed by atoms with Crippen molar-refractivity contribution in [2.45, 2.75) is 26.2 Å². The van der Waals surface area contributed by atoms with E-state index in [1.807, 2.05) is 41.0 Å². The lowest BCUT2D eigenvalue weighted by Gasteiger charge is -2.35. The third kappa shape index (κ3) is 5.39. The first-order valence-electron chi connectivity index (χ1n) is 9.37. The predicted octanol–water partition coefficient (Wildman–Crippen LogP) is 2.98. The van der Waals surface area contributed by atoms with Crippen LogP contribution in [0.5, 0.6) is 0 Å². The maximum Gasteiger partial charge on any atom is 0.227 e. The molecule has 0 unspecified atom stereocenters. The van der Waals surface area contributed by atoms with Crippen LogP contribution < -0.4 is 0 Å². The van der Waals surface area contributed by atoms with Crippen LogP contribution >= 0.6 is 0 Å². The summed E-state index contributed by atoms with van der Waals surface area (Å²) in [4.78, 5) is 28.5. The monoisotopic (exact) mass is 368 g/mol. The number of carbonyl (C=O) groups is 2. The maximum absolute atomic E-state index is 12.9. The molecular weight excluding hydrogens is 343 g/mol. The second kappa shape index (κ2) is 8.80. The molecule has 2 aromatic carbocycles. The molecule has 0 aliphatic carbocycles. The molecule has 1 aliphatic heterocycles. The van der Waals surface area contributed by atoms with Crippen molar-refractivity contribution in [1.82, 2.24) is 9.80 Å². The van der Waals surface area contributed by atoms with Crippen molar-refractivity contribution in [3.8, 4) is 0 Å². The first kappa shape index (κ1) is 19.1. The smallest absolute Gasteiger partial charge is 0.227 e. The molecule has 0 saturated carbocycles. The Labute approximate surface area is 159 Å². The average molecular weight is 368 g/mol. The molecule has 0 aromatic heterocycles. The molecular formula is C22H25FN2O2. The minimum atomic E-state index is -0.267. The van der Waals surface area contributed by atoms with Gasteiger partial charge in [-0.2, -0.15) is 0 Å². The van der Waals surface area contributed by atoms with Crippen LogP contribution in [0.4, 0.5) is 4.39 Å². The number of hydrogen-bond donors (Lipinski definition) is 0.